The number of nitro groups is 1. The molecule has 1 fully saturated rings. The molecule has 198 valence electrons. The SMILES string of the molecule is O=[N+]([O-])c1c(Oc2cc(Cl)nnc2-c2ccccc2)ncnc1N1CCN(Cc2ccc3c(c2)OCO3)CC1. The van der Waals surface area contributed by atoms with Crippen LogP contribution in [0.1, 0.15) is 5.56 Å². The quantitative estimate of drug-likeness (QED) is 0.242. The molecule has 2 aliphatic heterocycles. The average molecular weight is 548 g/mol. The van der Waals surface area contributed by atoms with Crippen LogP contribution in [-0.2, 0) is 6.54 Å². The van der Waals surface area contributed by atoms with Crippen molar-refractivity contribution in [1.29, 1.82) is 0 Å². The Bertz CT molecular complexity index is 1520. The zero-order valence-electron chi connectivity index (χ0n) is 20.6. The molecule has 6 rings (SSSR count). The summed E-state index contributed by atoms with van der Waals surface area (Å²) in [5, 5.41) is 20.4. The Balaban J connectivity index is 1.21. The molecule has 12 nitrogen and oxygen atoms in total. The van der Waals surface area contributed by atoms with Gasteiger partial charge in [0.1, 0.15) is 12.0 Å². The van der Waals surface area contributed by atoms with Gasteiger partial charge in [0.25, 0.3) is 0 Å². The van der Waals surface area contributed by atoms with Crippen LogP contribution >= 0.6 is 11.6 Å². The maximum absolute atomic E-state index is 12.2. The normalized spacial score (nSPS) is 14.8. The number of fused-ring (bicyclic) bond motifs is 1. The van der Waals surface area contributed by atoms with Gasteiger partial charge in [-0.2, -0.15) is 4.98 Å². The highest BCUT2D eigenvalue weighted by Gasteiger charge is 2.31. The Hall–Kier alpha value is -4.55. The minimum absolute atomic E-state index is 0.0835. The van der Waals surface area contributed by atoms with E-state index in [-0.39, 0.29) is 35.1 Å². The molecule has 1 saturated heterocycles. The first-order chi connectivity index (χ1) is 19.0. The van der Waals surface area contributed by atoms with Crippen LogP contribution in [0.2, 0.25) is 5.15 Å². The molecule has 0 unspecified atom stereocenters. The summed E-state index contributed by atoms with van der Waals surface area (Å²) in [4.78, 5) is 24.2. The van der Waals surface area contributed by atoms with E-state index in [1.807, 2.05) is 53.4 Å². The highest BCUT2D eigenvalue weighted by Crippen LogP contribution is 2.39. The number of hydrogen-bond acceptors (Lipinski definition) is 11. The zero-order chi connectivity index (χ0) is 26.8. The van der Waals surface area contributed by atoms with E-state index in [2.05, 4.69) is 25.1 Å². The van der Waals surface area contributed by atoms with Crippen molar-refractivity contribution in [3.8, 4) is 34.4 Å². The van der Waals surface area contributed by atoms with Crippen molar-refractivity contribution in [3.63, 3.8) is 0 Å². The van der Waals surface area contributed by atoms with Crippen molar-refractivity contribution in [2.24, 2.45) is 0 Å². The van der Waals surface area contributed by atoms with Gasteiger partial charge >= 0.3 is 11.6 Å². The van der Waals surface area contributed by atoms with Crippen LogP contribution in [0.3, 0.4) is 0 Å². The Morgan fingerprint density at radius 1 is 0.974 bits per heavy atom. The Morgan fingerprint density at radius 3 is 2.56 bits per heavy atom. The van der Waals surface area contributed by atoms with E-state index >= 15 is 0 Å². The lowest BCUT2D eigenvalue weighted by molar-refractivity contribution is -0.385. The van der Waals surface area contributed by atoms with Gasteiger partial charge in [-0.1, -0.05) is 48.0 Å². The molecule has 0 spiro atoms. The second kappa shape index (κ2) is 10.7. The highest BCUT2D eigenvalue weighted by atomic mass is 35.5. The van der Waals surface area contributed by atoms with E-state index in [4.69, 9.17) is 25.8 Å². The Morgan fingerprint density at radius 2 is 1.77 bits per heavy atom. The van der Waals surface area contributed by atoms with Gasteiger partial charge in [0.05, 0.1) is 4.92 Å². The second-order valence-electron chi connectivity index (χ2n) is 8.91. The summed E-state index contributed by atoms with van der Waals surface area (Å²) in [6.07, 6.45) is 1.26. The van der Waals surface area contributed by atoms with Crippen molar-refractivity contribution >= 4 is 23.1 Å². The fourth-order valence-corrected chi connectivity index (χ4v) is 4.70. The topological polar surface area (TPSA) is 129 Å². The average Bonchev–Trinajstić information content (AvgIpc) is 3.42. The largest absolute Gasteiger partial charge is 0.454 e. The van der Waals surface area contributed by atoms with E-state index in [1.54, 1.807) is 0 Å². The van der Waals surface area contributed by atoms with Crippen LogP contribution in [0, 0.1) is 10.1 Å². The molecule has 13 heteroatoms. The molecule has 0 atom stereocenters. The number of benzene rings is 2. The summed E-state index contributed by atoms with van der Waals surface area (Å²) in [5.74, 6) is 1.69. The molecule has 0 amide bonds. The zero-order valence-corrected chi connectivity index (χ0v) is 21.3. The number of halogens is 1. The fourth-order valence-electron chi connectivity index (χ4n) is 4.57. The van der Waals surface area contributed by atoms with Crippen molar-refractivity contribution in [2.45, 2.75) is 6.54 Å². The first kappa shape index (κ1) is 24.8. The molecule has 0 aliphatic carbocycles. The summed E-state index contributed by atoms with van der Waals surface area (Å²) < 4.78 is 16.8. The van der Waals surface area contributed by atoms with Gasteiger partial charge in [-0.25, -0.2) is 4.98 Å². The standard InChI is InChI=1S/C26H22ClN7O5/c27-22-13-21(23(31-30-22)18-4-2-1-3-5-18)39-26-24(34(35)36)25(28-15-29-26)33-10-8-32(9-11-33)14-17-6-7-19-20(12-17)38-16-37-19/h1-7,12-13,15H,8-11,14,16H2. The summed E-state index contributed by atoms with van der Waals surface area (Å²) in [5.41, 5.74) is 1.88. The number of hydrogen-bond donors (Lipinski definition) is 0. The summed E-state index contributed by atoms with van der Waals surface area (Å²) in [6.45, 7) is 3.42. The van der Waals surface area contributed by atoms with E-state index in [0.29, 0.717) is 37.4 Å². The van der Waals surface area contributed by atoms with E-state index in [9.17, 15) is 10.1 Å². The number of anilines is 1. The molecular formula is C26H22ClN7O5. The lowest BCUT2D eigenvalue weighted by Crippen LogP contribution is -2.46. The first-order valence-electron chi connectivity index (χ1n) is 12.2. The van der Waals surface area contributed by atoms with Crippen LogP contribution < -0.4 is 19.1 Å². The minimum Gasteiger partial charge on any atom is -0.454 e. The third-order valence-corrected chi connectivity index (χ3v) is 6.63. The van der Waals surface area contributed by atoms with Gasteiger partial charge < -0.3 is 19.1 Å². The van der Waals surface area contributed by atoms with Crippen molar-refractivity contribution < 1.29 is 19.1 Å². The fraction of sp³-hybridized carbons (Fsp3) is 0.231. The van der Waals surface area contributed by atoms with Gasteiger partial charge in [0.2, 0.25) is 12.6 Å². The molecule has 0 saturated carbocycles. The third kappa shape index (κ3) is 5.24. The number of ether oxygens (including phenoxy) is 3. The molecule has 2 aromatic carbocycles. The van der Waals surface area contributed by atoms with Crippen molar-refractivity contribution in [3.05, 3.63) is 81.8 Å². The van der Waals surface area contributed by atoms with Crippen molar-refractivity contribution in [2.75, 3.05) is 37.9 Å². The highest BCUT2D eigenvalue weighted by molar-refractivity contribution is 6.29. The third-order valence-electron chi connectivity index (χ3n) is 6.45. The van der Waals surface area contributed by atoms with Crippen LogP contribution in [0.15, 0.2) is 60.9 Å². The second-order valence-corrected chi connectivity index (χ2v) is 9.29. The number of rotatable bonds is 7. The summed E-state index contributed by atoms with van der Waals surface area (Å²) in [6, 6.07) is 16.6. The molecule has 0 bridgehead atoms. The first-order valence-corrected chi connectivity index (χ1v) is 12.5. The number of nitrogens with zero attached hydrogens (tertiary/aromatic N) is 7. The van der Waals surface area contributed by atoms with Crippen LogP contribution in [-0.4, -0.2) is 63.0 Å². The smallest absolute Gasteiger partial charge is 0.373 e. The van der Waals surface area contributed by atoms with Gasteiger partial charge in [0.15, 0.2) is 22.4 Å². The predicted molar refractivity (Wildman–Crippen MR) is 141 cm³/mol. The lowest BCUT2D eigenvalue weighted by atomic mass is 10.1. The number of aromatic nitrogens is 4. The van der Waals surface area contributed by atoms with Crippen LogP contribution in [0.5, 0.6) is 23.1 Å². The van der Waals surface area contributed by atoms with Gasteiger partial charge in [0, 0.05) is 44.4 Å². The molecule has 0 radical (unpaired) electrons. The van der Waals surface area contributed by atoms with Gasteiger partial charge in [-0.3, -0.25) is 15.0 Å². The maximum atomic E-state index is 12.2. The molecule has 2 aromatic heterocycles. The Kier molecular flexibility index (Phi) is 6.78. The molecular weight excluding hydrogens is 526 g/mol. The molecule has 2 aliphatic rings. The van der Waals surface area contributed by atoms with E-state index in [0.717, 1.165) is 23.6 Å². The number of piperazine rings is 1. The monoisotopic (exact) mass is 547 g/mol. The van der Waals surface area contributed by atoms with E-state index in [1.165, 1.54) is 12.4 Å². The van der Waals surface area contributed by atoms with E-state index < -0.39 is 4.92 Å². The molecule has 4 aromatic rings. The van der Waals surface area contributed by atoms with Crippen molar-refractivity contribution in [1.82, 2.24) is 25.1 Å². The predicted octanol–water partition coefficient (Wildman–Crippen LogP) is 4.34. The summed E-state index contributed by atoms with van der Waals surface area (Å²) >= 11 is 6.08. The molecule has 0 N–H and O–H groups in total. The minimum atomic E-state index is -0.526. The Labute approximate surface area is 227 Å². The van der Waals surface area contributed by atoms with Crippen LogP contribution in [0.4, 0.5) is 11.5 Å². The summed E-state index contributed by atoms with van der Waals surface area (Å²) in [7, 11) is 0. The van der Waals surface area contributed by atoms with Gasteiger partial charge in [-0.05, 0) is 17.7 Å². The maximum Gasteiger partial charge on any atom is 0.373 e. The van der Waals surface area contributed by atoms with Crippen LogP contribution in [0.25, 0.3) is 11.3 Å². The molecule has 4 heterocycles. The lowest BCUT2D eigenvalue weighted by Gasteiger charge is -2.35. The van der Waals surface area contributed by atoms with Gasteiger partial charge in [-0.15, -0.1) is 10.2 Å². The molecule has 39 heavy (non-hydrogen) atoms.